The molecule has 1 rings (SSSR count). The summed E-state index contributed by atoms with van der Waals surface area (Å²) in [6.07, 6.45) is 4.65. The highest BCUT2D eigenvalue weighted by Crippen LogP contribution is 2.31. The molecule has 128 valence electrons. The Morgan fingerprint density at radius 2 is 2.05 bits per heavy atom. The smallest absolute Gasteiger partial charge is 0.412 e. The second-order valence-corrected chi connectivity index (χ2v) is 7.34. The molecule has 1 fully saturated rings. The van der Waals surface area contributed by atoms with Crippen LogP contribution in [0.5, 0.6) is 0 Å². The first-order valence-corrected chi connectivity index (χ1v) is 8.01. The van der Waals surface area contributed by atoms with Crippen LogP contribution in [0.3, 0.4) is 0 Å². The van der Waals surface area contributed by atoms with E-state index in [1.165, 1.54) is 6.92 Å². The number of rotatable bonds is 5. The number of unbranched alkanes of at least 4 members (excludes halogenated alkanes) is 2. The molecule has 1 heterocycles. The molecule has 0 aromatic heterocycles. The van der Waals surface area contributed by atoms with Gasteiger partial charge in [0.1, 0.15) is 11.3 Å². The first kappa shape index (κ1) is 18.9. The van der Waals surface area contributed by atoms with Crippen LogP contribution in [0.1, 0.15) is 67.2 Å². The molecule has 4 nitrogen and oxygen atoms in total. The van der Waals surface area contributed by atoms with Crippen molar-refractivity contribution < 1.29 is 18.7 Å². The van der Waals surface area contributed by atoms with E-state index in [1.807, 2.05) is 34.6 Å². The third-order valence-electron chi connectivity index (χ3n) is 3.58. The van der Waals surface area contributed by atoms with E-state index in [0.717, 1.165) is 25.7 Å². The molecule has 22 heavy (non-hydrogen) atoms. The summed E-state index contributed by atoms with van der Waals surface area (Å²) in [6, 6.07) is 0.0142. The lowest BCUT2D eigenvalue weighted by Gasteiger charge is -2.35. The van der Waals surface area contributed by atoms with Gasteiger partial charge in [-0.3, -0.25) is 4.90 Å². The van der Waals surface area contributed by atoms with Crippen molar-refractivity contribution in [1.82, 2.24) is 4.90 Å². The van der Waals surface area contributed by atoms with Crippen LogP contribution in [-0.4, -0.2) is 35.0 Å². The van der Waals surface area contributed by atoms with Crippen molar-refractivity contribution in [2.75, 3.05) is 6.61 Å². The summed E-state index contributed by atoms with van der Waals surface area (Å²) in [5.41, 5.74) is -1.17. The number of amides is 1. The Bertz CT molecular complexity index is 409. The Kier molecular flexibility index (Phi) is 6.41. The van der Waals surface area contributed by atoms with E-state index in [-0.39, 0.29) is 18.0 Å². The lowest BCUT2D eigenvalue weighted by molar-refractivity contribution is -0.0627. The van der Waals surface area contributed by atoms with E-state index in [2.05, 4.69) is 0 Å². The van der Waals surface area contributed by atoms with Crippen molar-refractivity contribution >= 4 is 6.09 Å². The van der Waals surface area contributed by atoms with Crippen LogP contribution < -0.4 is 0 Å². The summed E-state index contributed by atoms with van der Waals surface area (Å²) in [4.78, 5) is 14.1. The highest BCUT2D eigenvalue weighted by molar-refractivity contribution is 5.69. The number of hydrogen-bond acceptors (Lipinski definition) is 3. The standard InChI is InChI=1S/C17H30FNO3/c1-13(18)10-8-7-9-11-14-12-21-17(5,6)19(14)15(20)22-16(2,3)4/h10,14H,7-9,11-12H2,1-6H3/b13-10+/t14-/m0/s1. The number of halogens is 1. The predicted octanol–water partition coefficient (Wildman–Crippen LogP) is 4.79. The summed E-state index contributed by atoms with van der Waals surface area (Å²) in [5.74, 6) is -0.138. The van der Waals surface area contributed by atoms with Crippen LogP contribution in [-0.2, 0) is 9.47 Å². The SMILES string of the molecule is C/C(F)=C\CCCC[C@H]1COC(C)(C)N1C(=O)OC(C)(C)C. The fraction of sp³-hybridized carbons (Fsp3) is 0.824. The van der Waals surface area contributed by atoms with E-state index >= 15 is 0 Å². The molecule has 1 amide bonds. The third kappa shape index (κ3) is 5.95. The van der Waals surface area contributed by atoms with Gasteiger partial charge in [-0.2, -0.15) is 0 Å². The number of nitrogens with zero attached hydrogens (tertiary/aromatic N) is 1. The van der Waals surface area contributed by atoms with Crippen LogP contribution in [0, 0.1) is 0 Å². The van der Waals surface area contributed by atoms with Crippen molar-refractivity contribution in [3.63, 3.8) is 0 Å². The fourth-order valence-corrected chi connectivity index (χ4v) is 2.60. The topological polar surface area (TPSA) is 38.8 Å². The minimum atomic E-state index is -0.650. The maximum Gasteiger partial charge on any atom is 0.412 e. The van der Waals surface area contributed by atoms with Crippen LogP contribution in [0.15, 0.2) is 11.9 Å². The maximum atomic E-state index is 12.6. The van der Waals surface area contributed by atoms with Crippen LogP contribution >= 0.6 is 0 Å². The van der Waals surface area contributed by atoms with Gasteiger partial charge in [0.25, 0.3) is 0 Å². The average Bonchev–Trinajstić information content (AvgIpc) is 2.61. The van der Waals surface area contributed by atoms with Gasteiger partial charge >= 0.3 is 6.09 Å². The van der Waals surface area contributed by atoms with Crippen LogP contribution in [0.4, 0.5) is 9.18 Å². The number of carbonyl (C=O) groups excluding carboxylic acids is 1. The molecule has 1 aliphatic rings. The normalized spacial score (nSPS) is 22.0. The molecular weight excluding hydrogens is 285 g/mol. The third-order valence-corrected chi connectivity index (χ3v) is 3.58. The molecule has 0 aromatic rings. The summed E-state index contributed by atoms with van der Waals surface area (Å²) in [7, 11) is 0. The van der Waals surface area contributed by atoms with Gasteiger partial charge in [0.15, 0.2) is 0 Å². The fourth-order valence-electron chi connectivity index (χ4n) is 2.60. The molecule has 0 saturated carbocycles. The number of hydrogen-bond donors (Lipinski definition) is 0. The van der Waals surface area contributed by atoms with E-state index in [4.69, 9.17) is 9.47 Å². The monoisotopic (exact) mass is 315 g/mol. The minimum Gasteiger partial charge on any atom is -0.444 e. The van der Waals surface area contributed by atoms with Crippen molar-refractivity contribution in [3.05, 3.63) is 11.9 Å². The Balaban J connectivity index is 2.58. The zero-order chi connectivity index (χ0) is 17.0. The second-order valence-electron chi connectivity index (χ2n) is 7.34. The molecule has 0 spiro atoms. The van der Waals surface area contributed by atoms with Crippen LogP contribution in [0.25, 0.3) is 0 Å². The van der Waals surface area contributed by atoms with Gasteiger partial charge in [-0.1, -0.05) is 12.5 Å². The predicted molar refractivity (Wildman–Crippen MR) is 85.2 cm³/mol. The molecule has 1 saturated heterocycles. The number of carbonyl (C=O) groups is 1. The zero-order valence-electron chi connectivity index (χ0n) is 14.7. The van der Waals surface area contributed by atoms with Gasteiger partial charge in [0.05, 0.1) is 18.5 Å². The largest absolute Gasteiger partial charge is 0.444 e. The van der Waals surface area contributed by atoms with Crippen LogP contribution in [0.2, 0.25) is 0 Å². The molecule has 0 unspecified atom stereocenters. The van der Waals surface area contributed by atoms with Gasteiger partial charge in [-0.05, 0) is 60.8 Å². The highest BCUT2D eigenvalue weighted by atomic mass is 19.1. The van der Waals surface area contributed by atoms with Crippen molar-refractivity contribution in [2.24, 2.45) is 0 Å². The van der Waals surface area contributed by atoms with Gasteiger partial charge < -0.3 is 9.47 Å². The molecule has 1 aliphatic heterocycles. The summed E-state index contributed by atoms with van der Waals surface area (Å²) < 4.78 is 23.9. The van der Waals surface area contributed by atoms with Gasteiger partial charge in [0.2, 0.25) is 0 Å². The number of ether oxygens (including phenoxy) is 2. The van der Waals surface area contributed by atoms with E-state index in [1.54, 1.807) is 11.0 Å². The maximum absolute atomic E-state index is 12.6. The second kappa shape index (κ2) is 7.44. The Labute approximate surface area is 133 Å². The molecule has 1 atom stereocenters. The van der Waals surface area contributed by atoms with Crippen molar-refractivity contribution in [3.8, 4) is 0 Å². The molecule has 0 aromatic carbocycles. The highest BCUT2D eigenvalue weighted by Gasteiger charge is 2.45. The molecule has 0 radical (unpaired) electrons. The quantitative estimate of drug-likeness (QED) is 0.685. The van der Waals surface area contributed by atoms with Gasteiger partial charge in [-0.15, -0.1) is 0 Å². The first-order chi connectivity index (χ1) is 10.0. The zero-order valence-corrected chi connectivity index (χ0v) is 14.7. The Morgan fingerprint density at radius 3 is 2.59 bits per heavy atom. The Hall–Kier alpha value is -1.10. The minimum absolute atomic E-state index is 0.0142. The average molecular weight is 315 g/mol. The van der Waals surface area contributed by atoms with E-state index in [0.29, 0.717) is 6.61 Å². The van der Waals surface area contributed by atoms with E-state index < -0.39 is 11.3 Å². The van der Waals surface area contributed by atoms with Gasteiger partial charge in [0, 0.05) is 0 Å². The van der Waals surface area contributed by atoms with Crippen molar-refractivity contribution in [2.45, 2.75) is 84.6 Å². The lowest BCUT2D eigenvalue weighted by atomic mass is 10.1. The lowest BCUT2D eigenvalue weighted by Crippen LogP contribution is -2.49. The van der Waals surface area contributed by atoms with E-state index in [9.17, 15) is 9.18 Å². The number of allylic oxidation sites excluding steroid dienone is 2. The molecule has 5 heteroatoms. The molecule has 0 aliphatic carbocycles. The molecule has 0 bridgehead atoms. The summed E-state index contributed by atoms with van der Waals surface area (Å²) in [6.45, 7) is 11.3. The first-order valence-electron chi connectivity index (χ1n) is 8.01. The van der Waals surface area contributed by atoms with Gasteiger partial charge in [-0.25, -0.2) is 9.18 Å². The molecule has 0 N–H and O–H groups in total. The summed E-state index contributed by atoms with van der Waals surface area (Å²) >= 11 is 0. The Morgan fingerprint density at radius 1 is 1.41 bits per heavy atom. The summed E-state index contributed by atoms with van der Waals surface area (Å²) in [5, 5.41) is 0. The van der Waals surface area contributed by atoms with Crippen molar-refractivity contribution in [1.29, 1.82) is 0 Å². The molecular formula is C17H30FNO3.